The van der Waals surface area contributed by atoms with E-state index in [1.807, 2.05) is 31.2 Å². The number of methoxy groups -OCH3 is 1. The lowest BCUT2D eigenvalue weighted by Gasteiger charge is -2.27. The largest absolute Gasteiger partial charge is 0.496 e. The fourth-order valence-corrected chi connectivity index (χ4v) is 3.02. The van der Waals surface area contributed by atoms with Gasteiger partial charge >= 0.3 is 0 Å². The first-order valence-corrected chi connectivity index (χ1v) is 7.28. The number of aryl methyl sites for hydroxylation is 3. The SMILES string of the molecule is COc1ccccc1C(C)(O)Cc1c(C)cc(C)cc1C. The van der Waals surface area contributed by atoms with Crippen molar-refractivity contribution in [1.82, 2.24) is 0 Å². The third-order valence-electron chi connectivity index (χ3n) is 4.05. The molecule has 1 atom stereocenters. The first-order chi connectivity index (χ1) is 9.85. The Labute approximate surface area is 127 Å². The summed E-state index contributed by atoms with van der Waals surface area (Å²) in [4.78, 5) is 0. The molecular weight excluding hydrogens is 260 g/mol. The van der Waals surface area contributed by atoms with Gasteiger partial charge in [0.15, 0.2) is 0 Å². The van der Waals surface area contributed by atoms with Gasteiger partial charge in [0, 0.05) is 12.0 Å². The highest BCUT2D eigenvalue weighted by molar-refractivity contribution is 5.42. The maximum atomic E-state index is 11.0. The first-order valence-electron chi connectivity index (χ1n) is 7.28. The Kier molecular flexibility index (Phi) is 4.38. The summed E-state index contributed by atoms with van der Waals surface area (Å²) < 4.78 is 5.39. The first kappa shape index (κ1) is 15.6. The predicted molar refractivity (Wildman–Crippen MR) is 86.9 cm³/mol. The molecular formula is C19H24O2. The van der Waals surface area contributed by atoms with Crippen molar-refractivity contribution in [2.45, 2.75) is 39.7 Å². The van der Waals surface area contributed by atoms with Crippen LogP contribution in [-0.2, 0) is 12.0 Å². The molecule has 0 aromatic heterocycles. The summed E-state index contributed by atoms with van der Waals surface area (Å²) in [5.41, 5.74) is 4.77. The Hall–Kier alpha value is -1.80. The Morgan fingerprint density at radius 1 is 1.05 bits per heavy atom. The van der Waals surface area contributed by atoms with Crippen LogP contribution in [0.3, 0.4) is 0 Å². The van der Waals surface area contributed by atoms with E-state index in [-0.39, 0.29) is 0 Å². The summed E-state index contributed by atoms with van der Waals surface area (Å²) in [6.07, 6.45) is 0.575. The standard InChI is InChI=1S/C19H24O2/c1-13-10-14(2)16(15(3)11-13)12-19(4,20)17-8-6-7-9-18(17)21-5/h6-11,20H,12H2,1-5H3. The third kappa shape index (κ3) is 3.27. The maximum Gasteiger partial charge on any atom is 0.124 e. The molecule has 1 unspecified atom stereocenters. The van der Waals surface area contributed by atoms with E-state index in [1.165, 1.54) is 22.3 Å². The van der Waals surface area contributed by atoms with Gasteiger partial charge < -0.3 is 9.84 Å². The highest BCUT2D eigenvalue weighted by Crippen LogP contribution is 2.34. The molecule has 0 spiro atoms. The predicted octanol–water partition coefficient (Wildman–Crippen LogP) is 4.07. The minimum atomic E-state index is -0.961. The number of rotatable bonds is 4. The van der Waals surface area contributed by atoms with E-state index in [0.717, 1.165) is 11.3 Å². The summed E-state index contributed by atoms with van der Waals surface area (Å²) >= 11 is 0. The monoisotopic (exact) mass is 284 g/mol. The van der Waals surface area contributed by atoms with E-state index < -0.39 is 5.60 Å². The van der Waals surface area contributed by atoms with Gasteiger partial charge in [0.25, 0.3) is 0 Å². The van der Waals surface area contributed by atoms with Gasteiger partial charge in [-0.1, -0.05) is 35.9 Å². The molecule has 1 N–H and O–H groups in total. The number of aliphatic hydroxyl groups is 1. The lowest BCUT2D eigenvalue weighted by atomic mass is 9.85. The molecule has 0 heterocycles. The van der Waals surface area contributed by atoms with Gasteiger partial charge in [0.05, 0.1) is 12.7 Å². The Bertz CT molecular complexity index is 619. The number of benzene rings is 2. The molecule has 0 aliphatic heterocycles. The fraction of sp³-hybridized carbons (Fsp3) is 0.368. The van der Waals surface area contributed by atoms with Crippen molar-refractivity contribution in [2.75, 3.05) is 7.11 Å². The van der Waals surface area contributed by atoms with Gasteiger partial charge in [0.1, 0.15) is 5.75 Å². The molecule has 0 aliphatic rings. The van der Waals surface area contributed by atoms with Crippen LogP contribution < -0.4 is 4.74 Å². The summed E-state index contributed by atoms with van der Waals surface area (Å²) in [5, 5.41) is 11.0. The average Bonchev–Trinajstić information content (AvgIpc) is 2.43. The summed E-state index contributed by atoms with van der Waals surface area (Å²) in [6.45, 7) is 8.16. The molecule has 0 fully saturated rings. The van der Waals surface area contributed by atoms with Gasteiger partial charge in [-0.3, -0.25) is 0 Å². The van der Waals surface area contributed by atoms with E-state index >= 15 is 0 Å². The molecule has 0 amide bonds. The zero-order valence-corrected chi connectivity index (χ0v) is 13.5. The van der Waals surface area contributed by atoms with Gasteiger partial charge in [-0.05, 0) is 50.5 Å². The second-order valence-corrected chi connectivity index (χ2v) is 6.03. The molecule has 0 aliphatic carbocycles. The summed E-state index contributed by atoms with van der Waals surface area (Å²) in [5.74, 6) is 0.727. The Morgan fingerprint density at radius 2 is 1.62 bits per heavy atom. The Balaban J connectivity index is 2.42. The van der Waals surface area contributed by atoms with Crippen LogP contribution >= 0.6 is 0 Å². The zero-order chi connectivity index (χ0) is 15.6. The lowest BCUT2D eigenvalue weighted by Crippen LogP contribution is -2.26. The molecule has 0 radical (unpaired) electrons. The van der Waals surface area contributed by atoms with Crippen LogP contribution in [0.15, 0.2) is 36.4 Å². The molecule has 21 heavy (non-hydrogen) atoms. The number of hydrogen-bond acceptors (Lipinski definition) is 2. The molecule has 2 aromatic rings. The fourth-order valence-electron chi connectivity index (χ4n) is 3.02. The van der Waals surface area contributed by atoms with Crippen LogP contribution in [0.2, 0.25) is 0 Å². The number of hydrogen-bond donors (Lipinski definition) is 1. The maximum absolute atomic E-state index is 11.0. The van der Waals surface area contributed by atoms with Gasteiger partial charge in [0.2, 0.25) is 0 Å². The quantitative estimate of drug-likeness (QED) is 0.917. The number of ether oxygens (including phenoxy) is 1. The molecule has 2 aromatic carbocycles. The molecule has 112 valence electrons. The summed E-state index contributed by atoms with van der Waals surface area (Å²) in [7, 11) is 1.64. The molecule has 2 nitrogen and oxygen atoms in total. The minimum absolute atomic E-state index is 0.575. The second kappa shape index (κ2) is 5.90. The van der Waals surface area contributed by atoms with Crippen molar-refractivity contribution in [2.24, 2.45) is 0 Å². The van der Waals surface area contributed by atoms with E-state index in [2.05, 4.69) is 32.9 Å². The number of para-hydroxylation sites is 1. The third-order valence-corrected chi connectivity index (χ3v) is 4.05. The lowest BCUT2D eigenvalue weighted by molar-refractivity contribution is 0.0546. The minimum Gasteiger partial charge on any atom is -0.496 e. The van der Waals surface area contributed by atoms with Crippen LogP contribution in [-0.4, -0.2) is 12.2 Å². The van der Waals surface area contributed by atoms with Gasteiger partial charge in [-0.15, -0.1) is 0 Å². The molecule has 0 saturated carbocycles. The second-order valence-electron chi connectivity index (χ2n) is 6.03. The molecule has 0 bridgehead atoms. The van der Waals surface area contributed by atoms with E-state index in [0.29, 0.717) is 6.42 Å². The average molecular weight is 284 g/mol. The van der Waals surface area contributed by atoms with Crippen molar-refractivity contribution in [3.8, 4) is 5.75 Å². The van der Waals surface area contributed by atoms with Crippen molar-refractivity contribution in [3.05, 3.63) is 64.2 Å². The van der Waals surface area contributed by atoms with Crippen LogP contribution in [0.1, 0.15) is 34.7 Å². The highest BCUT2D eigenvalue weighted by atomic mass is 16.5. The van der Waals surface area contributed by atoms with Crippen LogP contribution in [0, 0.1) is 20.8 Å². The van der Waals surface area contributed by atoms with Gasteiger partial charge in [-0.2, -0.15) is 0 Å². The summed E-state index contributed by atoms with van der Waals surface area (Å²) in [6, 6.07) is 12.0. The van der Waals surface area contributed by atoms with Crippen LogP contribution in [0.4, 0.5) is 0 Å². The van der Waals surface area contributed by atoms with Gasteiger partial charge in [-0.25, -0.2) is 0 Å². The van der Waals surface area contributed by atoms with Crippen LogP contribution in [0.25, 0.3) is 0 Å². The molecule has 0 saturated heterocycles. The molecule has 2 heteroatoms. The molecule has 2 rings (SSSR count). The van der Waals surface area contributed by atoms with Crippen LogP contribution in [0.5, 0.6) is 5.75 Å². The van der Waals surface area contributed by atoms with Crippen molar-refractivity contribution in [3.63, 3.8) is 0 Å². The van der Waals surface area contributed by atoms with Crippen molar-refractivity contribution >= 4 is 0 Å². The van der Waals surface area contributed by atoms with E-state index in [1.54, 1.807) is 7.11 Å². The highest BCUT2D eigenvalue weighted by Gasteiger charge is 2.28. The van der Waals surface area contributed by atoms with Crippen molar-refractivity contribution < 1.29 is 9.84 Å². The Morgan fingerprint density at radius 3 is 2.19 bits per heavy atom. The smallest absolute Gasteiger partial charge is 0.124 e. The topological polar surface area (TPSA) is 29.5 Å². The van der Waals surface area contributed by atoms with E-state index in [9.17, 15) is 5.11 Å². The van der Waals surface area contributed by atoms with Crippen molar-refractivity contribution in [1.29, 1.82) is 0 Å². The zero-order valence-electron chi connectivity index (χ0n) is 13.5. The normalized spacial score (nSPS) is 13.8. The van der Waals surface area contributed by atoms with E-state index in [4.69, 9.17) is 4.74 Å².